The summed E-state index contributed by atoms with van der Waals surface area (Å²) in [6.45, 7) is 2.60. The third-order valence-corrected chi connectivity index (χ3v) is 3.67. The Bertz CT molecular complexity index is 299. The van der Waals surface area contributed by atoms with Gasteiger partial charge in [-0.15, -0.1) is 0 Å². The smallest absolute Gasteiger partial charge is 0.308 e. The van der Waals surface area contributed by atoms with Crippen LogP contribution >= 0.6 is 0 Å². The molecule has 1 amide bonds. The molecule has 0 spiro atoms. The Kier molecular flexibility index (Phi) is 3.99. The second kappa shape index (κ2) is 5.49. The minimum atomic E-state index is -0.783. The number of hydrogen-bond acceptors (Lipinski definition) is 3. The lowest BCUT2D eigenvalue weighted by atomic mass is 9.94. The topological polar surface area (TPSA) is 66.8 Å². The molecule has 2 saturated heterocycles. The van der Waals surface area contributed by atoms with Gasteiger partial charge in [0.2, 0.25) is 5.91 Å². The zero-order valence-electron chi connectivity index (χ0n) is 9.93. The van der Waals surface area contributed by atoms with E-state index in [1.54, 1.807) is 4.90 Å². The summed E-state index contributed by atoms with van der Waals surface area (Å²) in [5.74, 6) is -0.587. The Morgan fingerprint density at radius 3 is 2.71 bits per heavy atom. The highest BCUT2D eigenvalue weighted by atomic mass is 16.5. The van der Waals surface area contributed by atoms with E-state index in [-0.39, 0.29) is 11.8 Å². The summed E-state index contributed by atoms with van der Waals surface area (Å²) in [6.07, 6.45) is 2.81. The Labute approximate surface area is 101 Å². The highest BCUT2D eigenvalue weighted by Crippen LogP contribution is 2.22. The molecule has 5 nitrogen and oxygen atoms in total. The molecule has 0 aliphatic carbocycles. The van der Waals surface area contributed by atoms with Crippen molar-refractivity contribution in [2.75, 3.05) is 26.3 Å². The van der Waals surface area contributed by atoms with Crippen LogP contribution in [-0.4, -0.2) is 48.2 Å². The first-order valence-electron chi connectivity index (χ1n) is 6.25. The molecule has 0 bridgehead atoms. The molecule has 1 unspecified atom stereocenters. The maximum Gasteiger partial charge on any atom is 0.308 e. The molecular weight excluding hydrogens is 222 g/mol. The van der Waals surface area contributed by atoms with Crippen LogP contribution in [0.3, 0.4) is 0 Å². The highest BCUT2D eigenvalue weighted by molar-refractivity contribution is 5.80. The predicted molar refractivity (Wildman–Crippen MR) is 60.5 cm³/mol. The molecule has 5 heteroatoms. The van der Waals surface area contributed by atoms with Crippen LogP contribution < -0.4 is 0 Å². The summed E-state index contributed by atoms with van der Waals surface area (Å²) in [7, 11) is 0. The van der Waals surface area contributed by atoms with E-state index < -0.39 is 5.97 Å². The molecule has 1 N–H and O–H groups in total. The first-order chi connectivity index (χ1) is 8.16. The van der Waals surface area contributed by atoms with Crippen molar-refractivity contribution in [3.63, 3.8) is 0 Å². The van der Waals surface area contributed by atoms with Crippen LogP contribution in [0.4, 0.5) is 0 Å². The zero-order chi connectivity index (χ0) is 12.3. The molecule has 2 aliphatic heterocycles. The SMILES string of the molecule is O=C(O)C1CCC(=O)N(CC2CCOCC2)C1. The van der Waals surface area contributed by atoms with Crippen molar-refractivity contribution in [2.24, 2.45) is 11.8 Å². The lowest BCUT2D eigenvalue weighted by Gasteiger charge is -2.34. The Morgan fingerprint density at radius 1 is 1.35 bits per heavy atom. The fourth-order valence-electron chi connectivity index (χ4n) is 2.53. The third-order valence-electron chi connectivity index (χ3n) is 3.67. The van der Waals surface area contributed by atoms with Gasteiger partial charge in [-0.25, -0.2) is 0 Å². The van der Waals surface area contributed by atoms with Gasteiger partial charge in [0, 0.05) is 32.7 Å². The van der Waals surface area contributed by atoms with Crippen molar-refractivity contribution in [3.05, 3.63) is 0 Å². The zero-order valence-corrected chi connectivity index (χ0v) is 9.93. The molecular formula is C12H19NO4. The number of carboxylic acids is 1. The van der Waals surface area contributed by atoms with Gasteiger partial charge in [-0.3, -0.25) is 9.59 Å². The number of carboxylic acid groups (broad SMARTS) is 1. The van der Waals surface area contributed by atoms with Crippen LogP contribution in [0, 0.1) is 11.8 Å². The van der Waals surface area contributed by atoms with E-state index in [2.05, 4.69) is 0 Å². The van der Waals surface area contributed by atoms with Gasteiger partial charge in [0.05, 0.1) is 5.92 Å². The second-order valence-electron chi connectivity index (χ2n) is 4.93. The minimum Gasteiger partial charge on any atom is -0.481 e. The molecule has 0 aromatic carbocycles. The van der Waals surface area contributed by atoms with E-state index >= 15 is 0 Å². The van der Waals surface area contributed by atoms with Gasteiger partial charge in [-0.2, -0.15) is 0 Å². The van der Waals surface area contributed by atoms with E-state index in [4.69, 9.17) is 9.84 Å². The molecule has 0 aromatic rings. The molecule has 96 valence electrons. The first-order valence-corrected chi connectivity index (χ1v) is 6.25. The quantitative estimate of drug-likeness (QED) is 0.791. The summed E-state index contributed by atoms with van der Waals surface area (Å²) in [6, 6.07) is 0. The number of nitrogens with zero attached hydrogens (tertiary/aromatic N) is 1. The lowest BCUT2D eigenvalue weighted by Crippen LogP contribution is -2.45. The van der Waals surface area contributed by atoms with Crippen molar-refractivity contribution < 1.29 is 19.4 Å². The maximum absolute atomic E-state index is 11.7. The van der Waals surface area contributed by atoms with Crippen molar-refractivity contribution >= 4 is 11.9 Å². The average Bonchev–Trinajstić information content (AvgIpc) is 2.33. The van der Waals surface area contributed by atoms with Gasteiger partial charge >= 0.3 is 5.97 Å². The fourth-order valence-corrected chi connectivity index (χ4v) is 2.53. The molecule has 0 aromatic heterocycles. The van der Waals surface area contributed by atoms with Gasteiger partial charge in [0.15, 0.2) is 0 Å². The number of carbonyl (C=O) groups is 2. The number of piperidine rings is 1. The highest BCUT2D eigenvalue weighted by Gasteiger charge is 2.31. The Morgan fingerprint density at radius 2 is 2.06 bits per heavy atom. The Balaban J connectivity index is 1.88. The summed E-state index contributed by atoms with van der Waals surface area (Å²) in [5.41, 5.74) is 0. The number of amides is 1. The van der Waals surface area contributed by atoms with E-state index in [9.17, 15) is 9.59 Å². The van der Waals surface area contributed by atoms with Gasteiger partial charge in [-0.1, -0.05) is 0 Å². The van der Waals surface area contributed by atoms with E-state index in [0.717, 1.165) is 26.1 Å². The minimum absolute atomic E-state index is 0.106. The molecule has 2 fully saturated rings. The predicted octanol–water partition coefficient (Wildman–Crippen LogP) is 0.736. The van der Waals surface area contributed by atoms with E-state index in [1.807, 2.05) is 0 Å². The summed E-state index contributed by atoms with van der Waals surface area (Å²) >= 11 is 0. The molecule has 0 radical (unpaired) electrons. The number of aliphatic carboxylic acids is 1. The average molecular weight is 241 g/mol. The molecule has 0 saturated carbocycles. The number of hydrogen-bond donors (Lipinski definition) is 1. The first kappa shape index (κ1) is 12.4. The number of likely N-dealkylation sites (tertiary alicyclic amines) is 1. The molecule has 17 heavy (non-hydrogen) atoms. The molecule has 2 rings (SSSR count). The normalized spacial score (nSPS) is 27.2. The van der Waals surface area contributed by atoms with Gasteiger partial charge < -0.3 is 14.7 Å². The maximum atomic E-state index is 11.7. The number of ether oxygens (including phenoxy) is 1. The van der Waals surface area contributed by atoms with Crippen LogP contribution in [0.25, 0.3) is 0 Å². The largest absolute Gasteiger partial charge is 0.481 e. The fraction of sp³-hybridized carbons (Fsp3) is 0.833. The lowest BCUT2D eigenvalue weighted by molar-refractivity contribution is -0.148. The molecule has 2 heterocycles. The molecule has 2 aliphatic rings. The Hall–Kier alpha value is -1.10. The van der Waals surface area contributed by atoms with Crippen LogP contribution in [0.5, 0.6) is 0 Å². The number of rotatable bonds is 3. The van der Waals surface area contributed by atoms with Crippen LogP contribution in [0.1, 0.15) is 25.7 Å². The van der Waals surface area contributed by atoms with E-state index in [0.29, 0.717) is 31.8 Å². The number of carbonyl (C=O) groups excluding carboxylic acids is 1. The van der Waals surface area contributed by atoms with Crippen molar-refractivity contribution in [3.8, 4) is 0 Å². The van der Waals surface area contributed by atoms with Gasteiger partial charge in [0.25, 0.3) is 0 Å². The molecule has 1 atom stereocenters. The van der Waals surface area contributed by atoms with Crippen LogP contribution in [-0.2, 0) is 14.3 Å². The standard InChI is InChI=1S/C12H19NO4/c14-11-2-1-10(12(15)16)8-13(11)7-9-3-5-17-6-4-9/h9-10H,1-8H2,(H,15,16). The van der Waals surface area contributed by atoms with Crippen molar-refractivity contribution in [1.29, 1.82) is 0 Å². The third kappa shape index (κ3) is 3.19. The van der Waals surface area contributed by atoms with Gasteiger partial charge in [-0.05, 0) is 25.2 Å². The summed E-state index contributed by atoms with van der Waals surface area (Å²) in [4.78, 5) is 24.4. The van der Waals surface area contributed by atoms with Crippen molar-refractivity contribution in [1.82, 2.24) is 4.90 Å². The second-order valence-corrected chi connectivity index (χ2v) is 4.93. The summed E-state index contributed by atoms with van der Waals surface area (Å²) in [5, 5.41) is 8.99. The summed E-state index contributed by atoms with van der Waals surface area (Å²) < 4.78 is 5.28. The van der Waals surface area contributed by atoms with Crippen molar-refractivity contribution in [2.45, 2.75) is 25.7 Å². The van der Waals surface area contributed by atoms with Crippen LogP contribution in [0.15, 0.2) is 0 Å². The van der Waals surface area contributed by atoms with Gasteiger partial charge in [0.1, 0.15) is 0 Å². The van der Waals surface area contributed by atoms with E-state index in [1.165, 1.54) is 0 Å². The van der Waals surface area contributed by atoms with Crippen LogP contribution in [0.2, 0.25) is 0 Å². The monoisotopic (exact) mass is 241 g/mol.